The Balaban J connectivity index is 2.34. The Morgan fingerprint density at radius 1 is 1.44 bits per heavy atom. The zero-order valence-corrected chi connectivity index (χ0v) is 11.0. The second kappa shape index (κ2) is 6.77. The Kier molecular flexibility index (Phi) is 5.64. The van der Waals surface area contributed by atoms with Crippen LogP contribution in [0.2, 0.25) is 5.02 Å². The Labute approximate surface area is 103 Å². The molecule has 0 saturated heterocycles. The molecular formula is C13H20ClNO. The van der Waals surface area contributed by atoms with Crippen molar-refractivity contribution in [2.75, 3.05) is 13.2 Å². The monoisotopic (exact) mass is 241 g/mol. The van der Waals surface area contributed by atoms with Crippen molar-refractivity contribution in [2.24, 2.45) is 0 Å². The molecule has 90 valence electrons. The van der Waals surface area contributed by atoms with Gasteiger partial charge in [0.05, 0.1) is 6.61 Å². The largest absolute Gasteiger partial charge is 0.494 e. The molecule has 3 heteroatoms. The highest BCUT2D eigenvalue weighted by Crippen LogP contribution is 2.21. The van der Waals surface area contributed by atoms with Crippen molar-refractivity contribution in [3.8, 4) is 5.75 Å². The minimum atomic E-state index is 0.499. The van der Waals surface area contributed by atoms with Crippen LogP contribution in [0.25, 0.3) is 0 Å². The molecule has 0 saturated carbocycles. The highest BCUT2D eigenvalue weighted by Gasteiger charge is 2.01. The number of aryl methyl sites for hydroxylation is 1. The summed E-state index contributed by atoms with van der Waals surface area (Å²) in [5.41, 5.74) is 1.05. The fourth-order valence-electron chi connectivity index (χ4n) is 1.51. The lowest BCUT2D eigenvalue weighted by Gasteiger charge is -2.13. The maximum atomic E-state index is 5.94. The molecule has 1 rings (SSSR count). The molecule has 1 unspecified atom stereocenters. The van der Waals surface area contributed by atoms with E-state index in [0.29, 0.717) is 6.04 Å². The lowest BCUT2D eigenvalue weighted by atomic mass is 10.2. The fraction of sp³-hybridized carbons (Fsp3) is 0.538. The van der Waals surface area contributed by atoms with Crippen LogP contribution in [0, 0.1) is 6.92 Å². The number of benzene rings is 1. The molecule has 1 N–H and O–H groups in total. The first-order valence-corrected chi connectivity index (χ1v) is 6.13. The third-order valence-corrected chi connectivity index (χ3v) is 2.93. The molecule has 1 aromatic carbocycles. The average Bonchev–Trinajstić information content (AvgIpc) is 2.24. The van der Waals surface area contributed by atoms with Crippen molar-refractivity contribution < 1.29 is 4.74 Å². The van der Waals surface area contributed by atoms with E-state index >= 15 is 0 Å². The molecule has 0 fully saturated rings. The van der Waals surface area contributed by atoms with Crippen LogP contribution in [0.3, 0.4) is 0 Å². The van der Waals surface area contributed by atoms with Crippen LogP contribution in [-0.2, 0) is 0 Å². The van der Waals surface area contributed by atoms with E-state index in [0.717, 1.165) is 35.9 Å². The van der Waals surface area contributed by atoms with Crippen LogP contribution < -0.4 is 10.1 Å². The normalized spacial score (nSPS) is 12.5. The van der Waals surface area contributed by atoms with Crippen LogP contribution in [0.1, 0.15) is 25.8 Å². The number of nitrogens with one attached hydrogen (secondary N) is 1. The van der Waals surface area contributed by atoms with Gasteiger partial charge in [-0.1, -0.05) is 18.5 Å². The topological polar surface area (TPSA) is 21.3 Å². The highest BCUT2D eigenvalue weighted by atomic mass is 35.5. The van der Waals surface area contributed by atoms with E-state index in [1.54, 1.807) is 0 Å². The van der Waals surface area contributed by atoms with Crippen molar-refractivity contribution in [1.29, 1.82) is 0 Å². The van der Waals surface area contributed by atoms with E-state index in [1.807, 2.05) is 25.1 Å². The van der Waals surface area contributed by atoms with Gasteiger partial charge in [-0.2, -0.15) is 0 Å². The molecule has 0 bridgehead atoms. The van der Waals surface area contributed by atoms with E-state index in [2.05, 4.69) is 19.2 Å². The van der Waals surface area contributed by atoms with Crippen LogP contribution in [0.5, 0.6) is 5.75 Å². The van der Waals surface area contributed by atoms with Crippen molar-refractivity contribution in [2.45, 2.75) is 33.2 Å². The van der Waals surface area contributed by atoms with E-state index in [-0.39, 0.29) is 0 Å². The van der Waals surface area contributed by atoms with E-state index in [1.165, 1.54) is 0 Å². The number of hydrogen-bond donors (Lipinski definition) is 1. The van der Waals surface area contributed by atoms with Crippen LogP contribution in [-0.4, -0.2) is 19.2 Å². The lowest BCUT2D eigenvalue weighted by molar-refractivity contribution is 0.291. The van der Waals surface area contributed by atoms with E-state index in [4.69, 9.17) is 16.3 Å². The number of hydrogen-bond acceptors (Lipinski definition) is 2. The first-order valence-electron chi connectivity index (χ1n) is 5.75. The molecule has 16 heavy (non-hydrogen) atoms. The molecule has 0 spiro atoms. The smallest absolute Gasteiger partial charge is 0.119 e. The van der Waals surface area contributed by atoms with E-state index in [9.17, 15) is 0 Å². The Morgan fingerprint density at radius 2 is 2.19 bits per heavy atom. The Bertz CT molecular complexity index is 328. The van der Waals surface area contributed by atoms with Gasteiger partial charge in [0, 0.05) is 11.1 Å². The summed E-state index contributed by atoms with van der Waals surface area (Å²) in [5.74, 6) is 0.894. The van der Waals surface area contributed by atoms with Crippen LogP contribution >= 0.6 is 11.6 Å². The maximum absolute atomic E-state index is 5.94. The Hall–Kier alpha value is -0.730. The van der Waals surface area contributed by atoms with E-state index < -0.39 is 0 Å². The van der Waals surface area contributed by atoms with Gasteiger partial charge in [0.1, 0.15) is 5.75 Å². The standard InChI is InChI=1S/C13H20ClNO/c1-4-15-11(3)7-8-16-12-5-6-13(14)10(2)9-12/h5-6,9,11,15H,4,7-8H2,1-3H3. The molecule has 0 amide bonds. The molecule has 1 aromatic rings. The van der Waals surface area contributed by atoms with Crippen molar-refractivity contribution in [1.82, 2.24) is 5.32 Å². The molecule has 0 aliphatic heterocycles. The van der Waals surface area contributed by atoms with Gasteiger partial charge in [-0.25, -0.2) is 0 Å². The molecule has 0 heterocycles. The lowest BCUT2D eigenvalue weighted by Crippen LogP contribution is -2.27. The zero-order chi connectivity index (χ0) is 12.0. The number of rotatable bonds is 6. The van der Waals surface area contributed by atoms with Gasteiger partial charge in [0.25, 0.3) is 0 Å². The van der Waals surface area contributed by atoms with Crippen molar-refractivity contribution in [3.05, 3.63) is 28.8 Å². The van der Waals surface area contributed by atoms with Gasteiger partial charge in [0.2, 0.25) is 0 Å². The average molecular weight is 242 g/mol. The van der Waals surface area contributed by atoms with Gasteiger partial charge in [-0.15, -0.1) is 0 Å². The van der Waals surface area contributed by atoms with Gasteiger partial charge >= 0.3 is 0 Å². The SMILES string of the molecule is CCNC(C)CCOc1ccc(Cl)c(C)c1. The Morgan fingerprint density at radius 3 is 2.81 bits per heavy atom. The molecule has 0 aliphatic carbocycles. The molecular weight excluding hydrogens is 222 g/mol. The molecule has 0 aliphatic rings. The fourth-order valence-corrected chi connectivity index (χ4v) is 1.63. The molecule has 1 atom stereocenters. The summed E-state index contributed by atoms with van der Waals surface area (Å²) < 4.78 is 5.66. The van der Waals surface area contributed by atoms with Crippen molar-refractivity contribution >= 4 is 11.6 Å². The van der Waals surface area contributed by atoms with Gasteiger partial charge in [-0.3, -0.25) is 0 Å². The summed E-state index contributed by atoms with van der Waals surface area (Å²) in [6.07, 6.45) is 1.01. The highest BCUT2D eigenvalue weighted by molar-refractivity contribution is 6.31. The molecule has 0 radical (unpaired) electrons. The predicted octanol–water partition coefficient (Wildman–Crippen LogP) is 3.42. The van der Waals surface area contributed by atoms with Gasteiger partial charge < -0.3 is 10.1 Å². The summed E-state index contributed by atoms with van der Waals surface area (Å²) in [4.78, 5) is 0. The molecule has 2 nitrogen and oxygen atoms in total. The summed E-state index contributed by atoms with van der Waals surface area (Å²) in [6, 6.07) is 6.26. The predicted molar refractivity (Wildman–Crippen MR) is 69.4 cm³/mol. The quantitative estimate of drug-likeness (QED) is 0.824. The summed E-state index contributed by atoms with van der Waals surface area (Å²) in [6.45, 7) is 7.99. The molecule has 0 aromatic heterocycles. The minimum absolute atomic E-state index is 0.499. The third-order valence-electron chi connectivity index (χ3n) is 2.50. The van der Waals surface area contributed by atoms with Gasteiger partial charge in [-0.05, 0) is 50.6 Å². The van der Waals surface area contributed by atoms with Crippen LogP contribution in [0.15, 0.2) is 18.2 Å². The van der Waals surface area contributed by atoms with Gasteiger partial charge in [0.15, 0.2) is 0 Å². The summed E-state index contributed by atoms with van der Waals surface area (Å²) >= 11 is 5.94. The number of halogens is 1. The maximum Gasteiger partial charge on any atom is 0.119 e. The zero-order valence-electron chi connectivity index (χ0n) is 10.2. The van der Waals surface area contributed by atoms with Crippen molar-refractivity contribution in [3.63, 3.8) is 0 Å². The minimum Gasteiger partial charge on any atom is -0.494 e. The first kappa shape index (κ1) is 13.3. The summed E-state index contributed by atoms with van der Waals surface area (Å²) in [7, 11) is 0. The second-order valence-electron chi connectivity index (χ2n) is 4.01. The first-order chi connectivity index (χ1) is 7.63. The van der Waals surface area contributed by atoms with Crippen LogP contribution in [0.4, 0.5) is 0 Å². The third kappa shape index (κ3) is 4.42. The summed E-state index contributed by atoms with van der Waals surface area (Å²) in [5, 5.41) is 4.14. The number of ether oxygens (including phenoxy) is 1. The second-order valence-corrected chi connectivity index (χ2v) is 4.41.